The molecular formula is C22H26N4O3. The number of hydrogen-bond donors (Lipinski definition) is 2. The van der Waals surface area contributed by atoms with Crippen LogP contribution in [0.1, 0.15) is 49.9 Å². The van der Waals surface area contributed by atoms with Crippen LogP contribution < -0.4 is 11.1 Å². The number of carbonyl (C=O) groups is 2. The van der Waals surface area contributed by atoms with E-state index in [-0.39, 0.29) is 23.5 Å². The van der Waals surface area contributed by atoms with Crippen LogP contribution in [-0.2, 0) is 9.53 Å². The molecule has 2 heterocycles. The van der Waals surface area contributed by atoms with Crippen molar-refractivity contribution in [1.82, 2.24) is 14.9 Å². The molecule has 2 fully saturated rings. The van der Waals surface area contributed by atoms with E-state index in [2.05, 4.69) is 10.4 Å². The second kappa shape index (κ2) is 7.39. The summed E-state index contributed by atoms with van der Waals surface area (Å²) < 4.78 is 7.70. The van der Waals surface area contributed by atoms with Crippen molar-refractivity contribution < 1.29 is 14.3 Å². The lowest BCUT2D eigenvalue weighted by Gasteiger charge is -2.57. The Bertz CT molecular complexity index is 1010. The fourth-order valence-electron chi connectivity index (χ4n) is 4.66. The number of pyridine rings is 1. The van der Waals surface area contributed by atoms with Crippen LogP contribution >= 0.6 is 0 Å². The van der Waals surface area contributed by atoms with Crippen LogP contribution in [0.15, 0.2) is 54.1 Å². The van der Waals surface area contributed by atoms with Crippen molar-refractivity contribution in [2.75, 3.05) is 0 Å². The molecule has 4 rings (SSSR count). The Balaban J connectivity index is 1.28. The highest BCUT2D eigenvalue weighted by Crippen LogP contribution is 2.57. The maximum atomic E-state index is 12.6. The number of ether oxygens (including phenoxy) is 1. The van der Waals surface area contributed by atoms with Crippen LogP contribution in [0.25, 0.3) is 5.52 Å². The smallest absolute Gasteiger partial charge is 0.255 e. The second-order valence-electron chi connectivity index (χ2n) is 8.03. The summed E-state index contributed by atoms with van der Waals surface area (Å²) in [6.07, 6.45) is 10.8. The van der Waals surface area contributed by atoms with Crippen LogP contribution in [0.5, 0.6) is 0 Å². The van der Waals surface area contributed by atoms with Gasteiger partial charge in [0.1, 0.15) is 5.76 Å². The molecule has 29 heavy (non-hydrogen) atoms. The van der Waals surface area contributed by atoms with E-state index in [1.54, 1.807) is 29.8 Å². The molecule has 2 aliphatic rings. The minimum atomic E-state index is -0.478. The number of nitrogens with two attached hydrogens (primary N) is 1. The van der Waals surface area contributed by atoms with Crippen molar-refractivity contribution in [3.8, 4) is 0 Å². The topological polar surface area (TPSA) is 98.7 Å². The van der Waals surface area contributed by atoms with Crippen molar-refractivity contribution in [2.45, 2.75) is 51.7 Å². The molecule has 0 radical (unpaired) electrons. The summed E-state index contributed by atoms with van der Waals surface area (Å²) >= 11 is 0. The molecule has 0 bridgehead atoms. The van der Waals surface area contributed by atoms with Crippen LogP contribution in [0, 0.1) is 5.41 Å². The summed E-state index contributed by atoms with van der Waals surface area (Å²) in [6.45, 7) is 3.62. The summed E-state index contributed by atoms with van der Waals surface area (Å²) in [4.78, 5) is 24.1. The molecule has 1 spiro atoms. The highest BCUT2D eigenvalue weighted by molar-refractivity contribution is 6.00. The van der Waals surface area contributed by atoms with Gasteiger partial charge in [0, 0.05) is 12.2 Å². The van der Waals surface area contributed by atoms with Crippen LogP contribution in [0.3, 0.4) is 0 Å². The highest BCUT2D eigenvalue weighted by atomic mass is 16.5. The van der Waals surface area contributed by atoms with E-state index in [9.17, 15) is 9.59 Å². The van der Waals surface area contributed by atoms with Crippen LogP contribution in [0.2, 0.25) is 0 Å². The molecule has 0 unspecified atom stereocenters. The average molecular weight is 394 g/mol. The van der Waals surface area contributed by atoms with Crippen LogP contribution in [-0.4, -0.2) is 33.6 Å². The quantitative estimate of drug-likeness (QED) is 0.447. The SMILES string of the molecule is C/C=C(OC1CC2(CC(NC(=O)c3cnn4ccccc34)C2)C1)\C(=C/C)C(N)=O. The highest BCUT2D eigenvalue weighted by Gasteiger charge is 2.54. The molecule has 0 atom stereocenters. The third-order valence-electron chi connectivity index (χ3n) is 6.06. The number of rotatable bonds is 6. The molecule has 7 nitrogen and oxygen atoms in total. The summed E-state index contributed by atoms with van der Waals surface area (Å²) in [5, 5.41) is 7.35. The molecular weight excluding hydrogens is 368 g/mol. The molecule has 0 aliphatic heterocycles. The molecule has 2 aliphatic carbocycles. The second-order valence-corrected chi connectivity index (χ2v) is 8.03. The maximum absolute atomic E-state index is 12.6. The van der Waals surface area contributed by atoms with Gasteiger partial charge >= 0.3 is 0 Å². The Kier molecular flexibility index (Phi) is 4.90. The Labute approximate surface area is 169 Å². The predicted octanol–water partition coefficient (Wildman–Crippen LogP) is 2.73. The number of allylic oxidation sites excluding steroid dienone is 2. The summed E-state index contributed by atoms with van der Waals surface area (Å²) in [6, 6.07) is 5.85. The predicted molar refractivity (Wildman–Crippen MR) is 109 cm³/mol. The standard InChI is InChI=1S/C22H26N4O3/c1-3-16(20(23)27)19(4-2)29-15-11-22(12-15)9-14(10-22)25-21(28)17-13-24-26-8-6-5-7-18(17)26/h3-8,13-15H,9-12H2,1-2H3,(H2,23,27)(H,25,28)/b16-3+,19-4+. The fraction of sp³-hybridized carbons (Fsp3) is 0.409. The third kappa shape index (κ3) is 3.52. The lowest BCUT2D eigenvalue weighted by Crippen LogP contribution is -2.58. The number of aromatic nitrogens is 2. The van der Waals surface area contributed by atoms with Crippen molar-refractivity contribution in [2.24, 2.45) is 11.1 Å². The summed E-state index contributed by atoms with van der Waals surface area (Å²) in [7, 11) is 0. The third-order valence-corrected chi connectivity index (χ3v) is 6.06. The minimum absolute atomic E-state index is 0.0754. The number of nitrogens with one attached hydrogen (secondary N) is 1. The zero-order chi connectivity index (χ0) is 20.6. The van der Waals surface area contributed by atoms with Gasteiger partial charge in [-0.2, -0.15) is 5.10 Å². The molecule has 3 N–H and O–H groups in total. The van der Waals surface area contributed by atoms with Crippen molar-refractivity contribution >= 4 is 17.3 Å². The first kappa shape index (κ1) is 19.2. The van der Waals surface area contributed by atoms with Gasteiger partial charge < -0.3 is 15.8 Å². The molecule has 7 heteroatoms. The van der Waals surface area contributed by atoms with Crippen molar-refractivity contribution in [3.05, 3.63) is 59.6 Å². The van der Waals surface area contributed by atoms with Gasteiger partial charge in [0.25, 0.3) is 11.8 Å². The minimum Gasteiger partial charge on any atom is -0.490 e. The normalized spacial score (nSPS) is 26.7. The zero-order valence-electron chi connectivity index (χ0n) is 16.7. The van der Waals surface area contributed by atoms with Gasteiger partial charge in [-0.3, -0.25) is 9.59 Å². The lowest BCUT2D eigenvalue weighted by molar-refractivity contribution is -0.117. The Morgan fingerprint density at radius 2 is 2.00 bits per heavy atom. The van der Waals surface area contributed by atoms with Gasteiger partial charge in [-0.05, 0) is 63.2 Å². The Morgan fingerprint density at radius 3 is 2.66 bits per heavy atom. The van der Waals surface area contributed by atoms with E-state index >= 15 is 0 Å². The summed E-state index contributed by atoms with van der Waals surface area (Å²) in [5.74, 6) is -0.000539. The molecule has 0 saturated heterocycles. The van der Waals surface area contributed by atoms with Gasteiger partial charge in [-0.15, -0.1) is 0 Å². The lowest BCUT2D eigenvalue weighted by atomic mass is 9.53. The number of hydrogen-bond acceptors (Lipinski definition) is 4. The Morgan fingerprint density at radius 1 is 1.24 bits per heavy atom. The monoisotopic (exact) mass is 394 g/mol. The van der Waals surface area contributed by atoms with Gasteiger partial charge in [0.2, 0.25) is 0 Å². The van der Waals surface area contributed by atoms with Crippen LogP contribution in [0.4, 0.5) is 0 Å². The van der Waals surface area contributed by atoms with E-state index < -0.39 is 5.91 Å². The number of primary amides is 1. The molecule has 2 aromatic rings. The van der Waals surface area contributed by atoms with E-state index in [0.717, 1.165) is 31.2 Å². The average Bonchev–Trinajstić information content (AvgIpc) is 3.07. The van der Waals surface area contributed by atoms with Crippen molar-refractivity contribution in [3.63, 3.8) is 0 Å². The molecule has 2 saturated carbocycles. The van der Waals surface area contributed by atoms with E-state index in [0.29, 0.717) is 16.9 Å². The molecule has 2 amide bonds. The first-order chi connectivity index (χ1) is 13.9. The van der Waals surface area contributed by atoms with E-state index in [1.165, 1.54) is 0 Å². The van der Waals surface area contributed by atoms with E-state index in [1.807, 2.05) is 31.3 Å². The maximum Gasteiger partial charge on any atom is 0.255 e. The molecule has 2 aromatic heterocycles. The van der Waals surface area contributed by atoms with Gasteiger partial charge in [0.05, 0.1) is 29.0 Å². The van der Waals surface area contributed by atoms with E-state index in [4.69, 9.17) is 10.5 Å². The zero-order valence-corrected chi connectivity index (χ0v) is 16.7. The number of amides is 2. The molecule has 152 valence electrons. The van der Waals surface area contributed by atoms with Gasteiger partial charge in [-0.25, -0.2) is 4.52 Å². The molecule has 0 aromatic carbocycles. The fourth-order valence-corrected chi connectivity index (χ4v) is 4.66. The Hall–Kier alpha value is -3.09. The number of carbonyl (C=O) groups excluding carboxylic acids is 2. The van der Waals surface area contributed by atoms with Crippen molar-refractivity contribution in [1.29, 1.82) is 0 Å². The summed E-state index contributed by atoms with van der Waals surface area (Å²) in [5.41, 5.74) is 7.48. The largest absolute Gasteiger partial charge is 0.490 e. The number of fused-ring (bicyclic) bond motifs is 1. The first-order valence-corrected chi connectivity index (χ1v) is 9.97. The van der Waals surface area contributed by atoms with Gasteiger partial charge in [0.15, 0.2) is 0 Å². The number of nitrogens with zero attached hydrogens (tertiary/aromatic N) is 2. The first-order valence-electron chi connectivity index (χ1n) is 9.97. The van der Waals surface area contributed by atoms with Gasteiger partial charge in [-0.1, -0.05) is 12.1 Å².